The van der Waals surface area contributed by atoms with E-state index in [-0.39, 0.29) is 6.10 Å². The number of fused-ring (bicyclic) bond motifs is 1. The Labute approximate surface area is 182 Å². The molecule has 8 nitrogen and oxygen atoms in total. The van der Waals surface area contributed by atoms with Gasteiger partial charge in [-0.15, -0.1) is 0 Å². The number of hydrogen-bond donors (Lipinski definition) is 1. The van der Waals surface area contributed by atoms with Crippen LogP contribution in [0.4, 0.5) is 11.5 Å². The number of nitrogens with zero attached hydrogens (tertiary/aromatic N) is 6. The van der Waals surface area contributed by atoms with E-state index in [4.69, 9.17) is 9.40 Å². The van der Waals surface area contributed by atoms with Crippen molar-refractivity contribution >= 4 is 22.6 Å². The van der Waals surface area contributed by atoms with E-state index in [2.05, 4.69) is 43.7 Å². The monoisotopic (exact) mass is 422 g/mol. The maximum atomic E-state index is 9.74. The van der Waals surface area contributed by atoms with E-state index in [0.29, 0.717) is 0 Å². The van der Waals surface area contributed by atoms with Gasteiger partial charge in [0.15, 0.2) is 5.58 Å². The molecule has 5 rings (SSSR count). The molecule has 0 atom stereocenters. The molecule has 2 saturated heterocycles. The van der Waals surface area contributed by atoms with E-state index >= 15 is 0 Å². The first-order valence-corrected chi connectivity index (χ1v) is 11.1. The van der Waals surface area contributed by atoms with Crippen LogP contribution in [0.5, 0.6) is 0 Å². The van der Waals surface area contributed by atoms with Crippen molar-refractivity contribution in [1.29, 1.82) is 0 Å². The van der Waals surface area contributed by atoms with Gasteiger partial charge in [0.25, 0.3) is 0 Å². The summed E-state index contributed by atoms with van der Waals surface area (Å²) in [4.78, 5) is 20.5. The van der Waals surface area contributed by atoms with Gasteiger partial charge in [-0.2, -0.15) is 0 Å². The molecule has 0 bridgehead atoms. The van der Waals surface area contributed by atoms with Gasteiger partial charge in [0.2, 0.25) is 5.89 Å². The summed E-state index contributed by atoms with van der Waals surface area (Å²) in [6, 6.07) is 6.24. The number of anilines is 2. The lowest BCUT2D eigenvalue weighted by Gasteiger charge is -2.35. The second-order valence-electron chi connectivity index (χ2n) is 8.65. The van der Waals surface area contributed by atoms with Gasteiger partial charge in [-0.3, -0.25) is 4.90 Å². The first kappa shape index (κ1) is 20.2. The molecule has 0 radical (unpaired) electrons. The van der Waals surface area contributed by atoms with Crippen molar-refractivity contribution in [3.05, 3.63) is 41.7 Å². The van der Waals surface area contributed by atoms with Gasteiger partial charge < -0.3 is 19.3 Å². The van der Waals surface area contributed by atoms with Crippen LogP contribution >= 0.6 is 0 Å². The Kier molecular flexibility index (Phi) is 5.50. The number of piperidine rings is 1. The lowest BCUT2D eigenvalue weighted by Crippen LogP contribution is -2.46. The van der Waals surface area contributed by atoms with E-state index < -0.39 is 0 Å². The lowest BCUT2D eigenvalue weighted by molar-refractivity contribution is 0.145. The van der Waals surface area contributed by atoms with E-state index in [0.717, 1.165) is 98.4 Å². The summed E-state index contributed by atoms with van der Waals surface area (Å²) in [5, 5.41) is 9.74. The Hall–Kier alpha value is -2.71. The molecule has 31 heavy (non-hydrogen) atoms. The summed E-state index contributed by atoms with van der Waals surface area (Å²) in [6.45, 7) is 10.4. The zero-order chi connectivity index (χ0) is 21.4. The van der Waals surface area contributed by atoms with Crippen LogP contribution in [0.15, 0.2) is 28.9 Å². The largest absolute Gasteiger partial charge is 0.439 e. The van der Waals surface area contributed by atoms with Crippen LogP contribution in [0.3, 0.4) is 0 Å². The second kappa shape index (κ2) is 8.43. The molecule has 0 aliphatic carbocycles. The molecule has 1 aromatic carbocycles. The lowest BCUT2D eigenvalue weighted by atomic mass is 10.1. The van der Waals surface area contributed by atoms with Gasteiger partial charge in [-0.05, 0) is 38.8 Å². The van der Waals surface area contributed by atoms with E-state index in [1.54, 1.807) is 6.33 Å². The topological polar surface area (TPSA) is 81.8 Å². The summed E-state index contributed by atoms with van der Waals surface area (Å²) < 4.78 is 6.11. The third-order valence-electron chi connectivity index (χ3n) is 6.59. The van der Waals surface area contributed by atoms with Crippen LogP contribution in [0, 0.1) is 13.8 Å². The highest BCUT2D eigenvalue weighted by atomic mass is 16.3. The Morgan fingerprint density at radius 1 is 1.00 bits per heavy atom. The standard InChI is InChI=1S/C23H30N6O2/c1-16-17(2)24-15-25-23(16)29-11-9-27(10-12-29)14-22-26-20-4-3-18(13-21(20)31-22)28-7-5-19(30)6-8-28/h3-4,13,15,19,30H,5-12,14H2,1-2H3. The average molecular weight is 423 g/mol. The van der Waals surface area contributed by atoms with Crippen molar-refractivity contribution in [1.82, 2.24) is 19.9 Å². The van der Waals surface area contributed by atoms with Crippen LogP contribution < -0.4 is 9.80 Å². The van der Waals surface area contributed by atoms with Crippen LogP contribution in [0.1, 0.15) is 30.0 Å². The molecule has 0 unspecified atom stereocenters. The van der Waals surface area contributed by atoms with Crippen molar-refractivity contribution < 1.29 is 9.52 Å². The molecule has 2 aliphatic heterocycles. The van der Waals surface area contributed by atoms with Gasteiger partial charge in [0.1, 0.15) is 17.7 Å². The van der Waals surface area contributed by atoms with Crippen molar-refractivity contribution in [2.24, 2.45) is 0 Å². The third kappa shape index (κ3) is 4.22. The van der Waals surface area contributed by atoms with Crippen molar-refractivity contribution in [3.63, 3.8) is 0 Å². The Balaban J connectivity index is 1.22. The minimum Gasteiger partial charge on any atom is -0.439 e. The van der Waals surface area contributed by atoms with E-state index in [1.807, 2.05) is 13.0 Å². The SMILES string of the molecule is Cc1ncnc(N2CCN(Cc3nc4ccc(N5CCC(O)CC5)cc4o3)CC2)c1C. The average Bonchev–Trinajstić information content (AvgIpc) is 3.18. The van der Waals surface area contributed by atoms with Crippen LogP contribution in [-0.2, 0) is 6.54 Å². The minimum atomic E-state index is -0.167. The molecule has 1 N–H and O–H groups in total. The fourth-order valence-electron chi connectivity index (χ4n) is 4.50. The third-order valence-corrected chi connectivity index (χ3v) is 6.59. The summed E-state index contributed by atoms with van der Waals surface area (Å²) in [5.41, 5.74) is 5.09. The van der Waals surface area contributed by atoms with Gasteiger partial charge in [0, 0.05) is 62.3 Å². The molecule has 0 amide bonds. The summed E-state index contributed by atoms with van der Waals surface area (Å²) in [7, 11) is 0. The van der Waals surface area contributed by atoms with E-state index in [9.17, 15) is 5.11 Å². The van der Waals surface area contributed by atoms with Crippen molar-refractivity contribution in [2.75, 3.05) is 49.1 Å². The number of oxazole rings is 1. The molecule has 0 spiro atoms. The normalized spacial score (nSPS) is 18.8. The fourth-order valence-corrected chi connectivity index (χ4v) is 4.50. The van der Waals surface area contributed by atoms with Gasteiger partial charge in [-0.25, -0.2) is 15.0 Å². The van der Waals surface area contributed by atoms with Crippen molar-refractivity contribution in [3.8, 4) is 0 Å². The Morgan fingerprint density at radius 2 is 1.77 bits per heavy atom. The minimum absolute atomic E-state index is 0.167. The zero-order valence-electron chi connectivity index (χ0n) is 18.3. The predicted octanol–water partition coefficient (Wildman–Crippen LogP) is 2.52. The molecule has 164 valence electrons. The second-order valence-corrected chi connectivity index (χ2v) is 8.65. The van der Waals surface area contributed by atoms with Crippen LogP contribution in [-0.4, -0.2) is 70.3 Å². The Morgan fingerprint density at radius 3 is 2.55 bits per heavy atom. The predicted molar refractivity (Wildman–Crippen MR) is 120 cm³/mol. The number of aliphatic hydroxyl groups excluding tert-OH is 1. The summed E-state index contributed by atoms with van der Waals surface area (Å²) >= 11 is 0. The number of aliphatic hydroxyl groups is 1. The number of aryl methyl sites for hydroxylation is 1. The zero-order valence-corrected chi connectivity index (χ0v) is 18.3. The highest BCUT2D eigenvalue weighted by Crippen LogP contribution is 2.26. The molecular formula is C23H30N6O2. The molecule has 2 aliphatic rings. The fraction of sp³-hybridized carbons (Fsp3) is 0.522. The first-order valence-electron chi connectivity index (χ1n) is 11.1. The number of aromatic nitrogens is 3. The maximum Gasteiger partial charge on any atom is 0.209 e. The maximum absolute atomic E-state index is 9.74. The molecular weight excluding hydrogens is 392 g/mol. The first-order chi connectivity index (χ1) is 15.1. The number of hydrogen-bond acceptors (Lipinski definition) is 8. The molecule has 8 heteroatoms. The van der Waals surface area contributed by atoms with Gasteiger partial charge in [-0.1, -0.05) is 0 Å². The highest BCUT2D eigenvalue weighted by molar-refractivity contribution is 5.77. The number of piperazine rings is 1. The number of rotatable bonds is 4. The smallest absolute Gasteiger partial charge is 0.209 e. The quantitative estimate of drug-likeness (QED) is 0.687. The van der Waals surface area contributed by atoms with Crippen molar-refractivity contribution in [2.45, 2.75) is 39.3 Å². The number of benzene rings is 1. The Bertz CT molecular complexity index is 1050. The molecule has 0 saturated carbocycles. The van der Waals surface area contributed by atoms with E-state index in [1.165, 1.54) is 0 Å². The van der Waals surface area contributed by atoms with Gasteiger partial charge in [0.05, 0.1) is 12.6 Å². The van der Waals surface area contributed by atoms with Crippen LogP contribution in [0.2, 0.25) is 0 Å². The molecule has 2 fully saturated rings. The van der Waals surface area contributed by atoms with Gasteiger partial charge >= 0.3 is 0 Å². The summed E-state index contributed by atoms with van der Waals surface area (Å²) in [6.07, 6.45) is 3.13. The van der Waals surface area contributed by atoms with Crippen LogP contribution in [0.25, 0.3) is 11.1 Å². The molecule has 3 aromatic rings. The summed E-state index contributed by atoms with van der Waals surface area (Å²) in [5.74, 6) is 1.82. The highest BCUT2D eigenvalue weighted by Gasteiger charge is 2.22. The molecule has 2 aromatic heterocycles. The molecule has 4 heterocycles.